The first-order chi connectivity index (χ1) is 13.4. The smallest absolute Gasteiger partial charge is 0.371 e. The Kier molecular flexibility index (Phi) is 21.2. The highest BCUT2D eigenvalue weighted by Gasteiger charge is 2.37. The molecule has 3 N–H and O–H groups in total. The van der Waals surface area contributed by atoms with Crippen molar-refractivity contribution in [3.8, 4) is 0 Å². The van der Waals surface area contributed by atoms with Gasteiger partial charge in [-0.1, -0.05) is 31.7 Å². The van der Waals surface area contributed by atoms with E-state index < -0.39 is 23.3 Å². The number of nitrogens with one attached hydrogen (secondary N) is 1. The van der Waals surface area contributed by atoms with Crippen LogP contribution in [0.25, 0.3) is 0 Å². The number of Topliss-reactive ketones (excluding diaryl/α,β-unsaturated/α-hetero) is 1. The van der Waals surface area contributed by atoms with Crippen molar-refractivity contribution in [2.75, 3.05) is 28.2 Å². The molecule has 0 amide bonds. The molecule has 0 aliphatic heterocycles. The third-order valence-electron chi connectivity index (χ3n) is 4.75. The summed E-state index contributed by atoms with van der Waals surface area (Å²) in [6, 6.07) is 0. The summed E-state index contributed by atoms with van der Waals surface area (Å²) in [5.41, 5.74) is 4.03. The lowest BCUT2D eigenvalue weighted by atomic mass is 9.48. The van der Waals surface area contributed by atoms with Crippen LogP contribution in [-0.2, 0) is 14.4 Å². The lowest BCUT2D eigenvalue weighted by Crippen LogP contribution is -2.49. The monoisotopic (exact) mass is 428 g/mol. The van der Waals surface area contributed by atoms with E-state index in [2.05, 4.69) is 39.7 Å². The van der Waals surface area contributed by atoms with Crippen molar-refractivity contribution >= 4 is 24.4 Å². The zero-order chi connectivity index (χ0) is 25.4. The van der Waals surface area contributed by atoms with Crippen LogP contribution < -0.4 is 5.32 Å². The summed E-state index contributed by atoms with van der Waals surface area (Å²) >= 11 is 0. The highest BCUT2D eigenvalue weighted by Crippen LogP contribution is 2.24. The van der Waals surface area contributed by atoms with Crippen LogP contribution in [-0.4, -0.2) is 73.3 Å². The van der Waals surface area contributed by atoms with Gasteiger partial charge < -0.3 is 15.5 Å². The van der Waals surface area contributed by atoms with Crippen LogP contribution in [0.15, 0.2) is 22.2 Å². The molecule has 1 unspecified atom stereocenters. The van der Waals surface area contributed by atoms with Gasteiger partial charge >= 0.3 is 11.9 Å². The van der Waals surface area contributed by atoms with Crippen LogP contribution in [0.5, 0.6) is 0 Å². The van der Waals surface area contributed by atoms with Crippen LogP contribution in [0.4, 0.5) is 0 Å². The van der Waals surface area contributed by atoms with Crippen molar-refractivity contribution in [3.05, 3.63) is 22.2 Å². The van der Waals surface area contributed by atoms with E-state index in [1.807, 2.05) is 34.9 Å². The average molecular weight is 428 g/mol. The molecule has 0 saturated carbocycles. The molecule has 176 valence electrons. The summed E-state index contributed by atoms with van der Waals surface area (Å²) < 4.78 is 0. The topological polar surface area (TPSA) is 107 Å². The molecule has 0 aromatic heterocycles. The largest absolute Gasteiger partial charge is 0.480 e. The summed E-state index contributed by atoms with van der Waals surface area (Å²) in [4.78, 5) is 31.7. The Labute approximate surface area is 184 Å². The molecular weight excluding hydrogens is 383 g/mol. The number of rotatable bonds is 5. The molecule has 7 nitrogen and oxygen atoms in total. The average Bonchev–Trinajstić information content (AvgIpc) is 2.60. The minimum atomic E-state index is -1.38. The number of likely N-dealkylation sites (N-methyl/N-ethyl adjacent to an activating group) is 1. The van der Waals surface area contributed by atoms with Crippen molar-refractivity contribution in [1.29, 1.82) is 0 Å². The van der Waals surface area contributed by atoms with Crippen LogP contribution in [0.2, 0.25) is 13.6 Å². The second kappa shape index (κ2) is 17.9. The van der Waals surface area contributed by atoms with Gasteiger partial charge in [0.25, 0.3) is 0 Å². The van der Waals surface area contributed by atoms with Crippen LogP contribution in [0, 0.1) is 0 Å². The molecule has 0 aliphatic carbocycles. The quantitative estimate of drug-likeness (QED) is 0.347. The van der Waals surface area contributed by atoms with Gasteiger partial charge in [-0.2, -0.15) is 0 Å². The van der Waals surface area contributed by atoms with Gasteiger partial charge in [-0.3, -0.25) is 9.69 Å². The second-order valence-electron chi connectivity index (χ2n) is 8.10. The zero-order valence-corrected chi connectivity index (χ0v) is 21.6. The molecule has 0 heterocycles. The summed E-state index contributed by atoms with van der Waals surface area (Å²) in [6.45, 7) is 20.1. The molecule has 8 heteroatoms. The van der Waals surface area contributed by atoms with Crippen molar-refractivity contribution < 1.29 is 24.6 Å². The summed E-state index contributed by atoms with van der Waals surface area (Å²) in [7, 11) is 7.31. The molecule has 30 heavy (non-hydrogen) atoms. The van der Waals surface area contributed by atoms with E-state index in [4.69, 9.17) is 10.2 Å². The molecule has 0 aliphatic rings. The maximum Gasteiger partial charge on any atom is 0.371 e. The van der Waals surface area contributed by atoms with Crippen molar-refractivity contribution in [1.82, 2.24) is 10.2 Å². The lowest BCUT2D eigenvalue weighted by Gasteiger charge is -2.34. The number of ketones is 1. The van der Waals surface area contributed by atoms with Crippen molar-refractivity contribution in [2.45, 2.75) is 74.6 Å². The van der Waals surface area contributed by atoms with Gasteiger partial charge in [-0.15, -0.1) is 5.47 Å². The van der Waals surface area contributed by atoms with E-state index in [-0.39, 0.29) is 0 Å². The van der Waals surface area contributed by atoms with Gasteiger partial charge in [0.1, 0.15) is 5.54 Å². The first kappa shape index (κ1) is 35.5. The van der Waals surface area contributed by atoms with Crippen LogP contribution in [0.1, 0.15) is 55.4 Å². The van der Waals surface area contributed by atoms with Gasteiger partial charge in [-0.25, -0.2) is 9.59 Å². The molecule has 0 aromatic rings. The summed E-state index contributed by atoms with van der Waals surface area (Å²) in [5, 5.41) is 19.5. The first-order valence-electron chi connectivity index (χ1n) is 9.87. The van der Waals surface area contributed by atoms with E-state index in [0.717, 1.165) is 24.8 Å². The van der Waals surface area contributed by atoms with Crippen LogP contribution in [0.3, 0.4) is 0 Å². The third-order valence-corrected chi connectivity index (χ3v) is 4.75. The van der Waals surface area contributed by atoms with E-state index in [9.17, 15) is 14.4 Å². The molecule has 0 saturated heterocycles. The SMILES string of the molecule is CB(C)C(C)=C(C)C.CC(=O)C(=O)O.CC(C)=C(C)C(C)(C(=O)O)N(C)C.CNC. The highest BCUT2D eigenvalue weighted by molar-refractivity contribution is 6.63. The minimum absolute atomic E-state index is 0.722. The zero-order valence-electron chi connectivity index (χ0n) is 21.6. The predicted molar refractivity (Wildman–Crippen MR) is 129 cm³/mol. The van der Waals surface area contributed by atoms with Gasteiger partial charge in [-0.05, 0) is 75.3 Å². The van der Waals surface area contributed by atoms with E-state index in [1.54, 1.807) is 25.9 Å². The Morgan fingerprint density at radius 1 is 0.833 bits per heavy atom. The Hall–Kier alpha value is -1.93. The fourth-order valence-electron chi connectivity index (χ4n) is 1.75. The number of allylic oxidation sites excluding steroid dienone is 3. The van der Waals surface area contributed by atoms with Crippen molar-refractivity contribution in [2.24, 2.45) is 0 Å². The fourth-order valence-corrected chi connectivity index (χ4v) is 1.75. The summed E-state index contributed by atoms with van der Waals surface area (Å²) in [6.07, 6.45) is 0. The molecular formula is C22H45BN2O5. The van der Waals surface area contributed by atoms with Gasteiger partial charge in [0.05, 0.1) is 0 Å². The Balaban J connectivity index is -0.000000170. The number of hydrogen-bond acceptors (Lipinski definition) is 5. The van der Waals surface area contributed by atoms with Gasteiger partial charge in [0.15, 0.2) is 6.71 Å². The second-order valence-corrected chi connectivity index (χ2v) is 8.10. The highest BCUT2D eigenvalue weighted by atomic mass is 16.4. The molecule has 0 bridgehead atoms. The molecule has 1 atom stereocenters. The van der Waals surface area contributed by atoms with Crippen LogP contribution >= 0.6 is 0 Å². The maximum absolute atomic E-state index is 11.1. The van der Waals surface area contributed by atoms with E-state index in [1.165, 1.54) is 11.0 Å². The summed E-state index contributed by atoms with van der Waals surface area (Å²) in [5.74, 6) is -3.01. The third kappa shape index (κ3) is 15.9. The fraction of sp³-hybridized carbons (Fsp3) is 0.682. The molecule has 0 rings (SSSR count). The van der Waals surface area contributed by atoms with E-state index in [0.29, 0.717) is 0 Å². The van der Waals surface area contributed by atoms with Gasteiger partial charge in [0, 0.05) is 6.92 Å². The van der Waals surface area contributed by atoms with E-state index >= 15 is 0 Å². The normalized spacial score (nSPS) is 11.0. The number of aliphatic carboxylic acids is 2. The first-order valence-corrected chi connectivity index (χ1v) is 9.87. The Morgan fingerprint density at radius 2 is 1.13 bits per heavy atom. The number of carbonyl (C=O) groups is 3. The molecule has 0 radical (unpaired) electrons. The maximum atomic E-state index is 11.1. The standard InChI is InChI=1S/C10H19NO2.C7H15B.C3H4O3.C2H7N/c1-7(2)8(3)10(4,9(12)13)11(5)6;1-6(2)7(3)8(4)5;1-2(4)3(5)6;1-3-2/h1-6H3,(H,12,13);1-5H3;1H3,(H,5,6);3H,1-2H3. The number of hydrogen-bond donors (Lipinski definition) is 3. The minimum Gasteiger partial charge on any atom is -0.480 e. The molecule has 0 aromatic carbocycles. The number of carbonyl (C=O) groups excluding carboxylic acids is 1. The Morgan fingerprint density at radius 3 is 1.17 bits per heavy atom. The predicted octanol–water partition coefficient (Wildman–Crippen LogP) is 3.88. The van der Waals surface area contributed by atoms with Gasteiger partial charge in [0.2, 0.25) is 5.78 Å². The number of nitrogens with zero attached hydrogens (tertiary/aromatic N) is 1. The molecule has 0 fully saturated rings. The molecule has 0 spiro atoms. The number of carboxylic acid groups (broad SMARTS) is 2. The number of carboxylic acids is 2. The Bertz CT molecular complexity index is 591. The van der Waals surface area contributed by atoms with Crippen molar-refractivity contribution in [3.63, 3.8) is 0 Å². The lowest BCUT2D eigenvalue weighted by molar-refractivity contribution is -0.148.